The van der Waals surface area contributed by atoms with E-state index in [4.69, 9.17) is 18.9 Å². The van der Waals surface area contributed by atoms with Gasteiger partial charge in [-0.3, -0.25) is 9.59 Å². The van der Waals surface area contributed by atoms with E-state index in [2.05, 4.69) is 111 Å². The van der Waals surface area contributed by atoms with Crippen LogP contribution in [0.15, 0.2) is 97.2 Å². The van der Waals surface area contributed by atoms with E-state index >= 15 is 0 Å². The number of hydrogen-bond acceptors (Lipinski definition) is 8. The summed E-state index contributed by atoms with van der Waals surface area (Å²) < 4.78 is 22.8. The fourth-order valence-corrected chi connectivity index (χ4v) is 9.57. The number of likely N-dealkylation sites (N-methyl/N-ethyl adjacent to an activating group) is 1. The highest BCUT2D eigenvalue weighted by Gasteiger charge is 2.22. The predicted molar refractivity (Wildman–Crippen MR) is 352 cm³/mol. The molecule has 0 N–H and O–H groups in total. The first kappa shape index (κ1) is 79.2. The monoisotopic (exact) mass is 1160 g/mol. The lowest BCUT2D eigenvalue weighted by Crippen LogP contribution is -2.44. The molecule has 0 fully saturated rings. The van der Waals surface area contributed by atoms with Gasteiger partial charge in [0.05, 0.1) is 40.3 Å². The van der Waals surface area contributed by atoms with Crippen LogP contribution in [-0.4, -0.2) is 82.3 Å². The number of aliphatic carboxylic acids is 1. The van der Waals surface area contributed by atoms with Crippen LogP contribution in [0.2, 0.25) is 0 Å². The Bertz CT molecular complexity index is 1680. The van der Waals surface area contributed by atoms with Gasteiger partial charge in [-0.15, -0.1) is 0 Å². The molecule has 0 saturated carbocycles. The average molecular weight is 1160 g/mol. The number of carbonyl (C=O) groups is 3. The number of esters is 2. The Kier molecular flexibility index (Phi) is 61.3. The number of hydrogen-bond donors (Lipinski definition) is 0. The molecule has 9 nitrogen and oxygen atoms in total. The van der Waals surface area contributed by atoms with Gasteiger partial charge >= 0.3 is 11.9 Å². The minimum Gasteiger partial charge on any atom is -0.545 e. The largest absolute Gasteiger partial charge is 0.545 e. The van der Waals surface area contributed by atoms with Gasteiger partial charge in [-0.05, 0) is 96.3 Å². The van der Waals surface area contributed by atoms with Crippen molar-refractivity contribution in [2.24, 2.45) is 0 Å². The topological polar surface area (TPSA) is 111 Å². The summed E-state index contributed by atoms with van der Waals surface area (Å²) in [5.41, 5.74) is 0. The number of ether oxygens (including phenoxy) is 4. The average Bonchev–Trinajstić information content (AvgIpc) is 3.46. The summed E-state index contributed by atoms with van der Waals surface area (Å²) in [5, 5.41) is 11.8. The quantitative estimate of drug-likeness (QED) is 0.0195. The molecule has 0 aliphatic rings. The van der Waals surface area contributed by atoms with E-state index in [-0.39, 0.29) is 38.6 Å². The van der Waals surface area contributed by atoms with Crippen LogP contribution in [0.3, 0.4) is 0 Å². The minimum absolute atomic E-state index is 0.144. The molecule has 0 saturated heterocycles. The molecule has 0 spiro atoms. The lowest BCUT2D eigenvalue weighted by Gasteiger charge is -2.26. The van der Waals surface area contributed by atoms with Crippen molar-refractivity contribution in [3.63, 3.8) is 0 Å². The van der Waals surface area contributed by atoms with E-state index in [1.165, 1.54) is 173 Å². The standard InChI is InChI=1S/C74H129NO8/c1-6-8-10-12-14-16-18-20-22-24-26-28-30-31-32-33-34-35-36-37-38-39-40-41-43-45-47-49-51-53-55-57-59-61-63-65-72(77)83-70(69-82-74(73(78)79)80-67-66-75(3,4)5)68-81-71(76)64-62-60-58-56-54-52-50-48-46-44-42-29-27-25-23-21-19-17-15-13-11-9-7-2/h8,10,14,16,19-22,25-28,31-32,42,44,70,74H,6-7,9,11-13,15,17-18,23-24,29-30,33-41,43,45-69H2,1-5H3/b10-8-,16-14-,21-19-,22-20-,27-25-,28-26-,32-31-,44-42-. The van der Waals surface area contributed by atoms with Gasteiger partial charge in [0.25, 0.3) is 0 Å². The van der Waals surface area contributed by atoms with Crippen LogP contribution in [-0.2, 0) is 33.3 Å². The predicted octanol–water partition coefficient (Wildman–Crippen LogP) is 19.9. The van der Waals surface area contributed by atoms with Gasteiger partial charge in [-0.2, -0.15) is 0 Å². The first-order chi connectivity index (χ1) is 40.6. The highest BCUT2D eigenvalue weighted by molar-refractivity contribution is 5.70. The van der Waals surface area contributed by atoms with Crippen molar-refractivity contribution < 1.29 is 42.9 Å². The zero-order chi connectivity index (χ0) is 60.5. The van der Waals surface area contributed by atoms with Gasteiger partial charge in [0.1, 0.15) is 13.2 Å². The van der Waals surface area contributed by atoms with Crippen molar-refractivity contribution in [2.75, 3.05) is 47.5 Å². The molecular formula is C74H129NO8. The number of quaternary nitrogens is 1. The van der Waals surface area contributed by atoms with Gasteiger partial charge in [-0.1, -0.05) is 284 Å². The van der Waals surface area contributed by atoms with Crippen LogP contribution >= 0.6 is 0 Å². The summed E-state index contributed by atoms with van der Waals surface area (Å²) in [6.45, 7) is 4.64. The molecule has 478 valence electrons. The number of nitrogens with zero attached hydrogens (tertiary/aromatic N) is 1. The third kappa shape index (κ3) is 65.6. The number of rotatable bonds is 63. The van der Waals surface area contributed by atoms with E-state index in [1.54, 1.807) is 0 Å². The van der Waals surface area contributed by atoms with Crippen molar-refractivity contribution in [3.8, 4) is 0 Å². The second kappa shape index (κ2) is 64.2. The molecule has 0 heterocycles. The maximum absolute atomic E-state index is 12.9. The van der Waals surface area contributed by atoms with Gasteiger partial charge in [0, 0.05) is 12.8 Å². The molecule has 0 aromatic carbocycles. The first-order valence-corrected chi connectivity index (χ1v) is 34.4. The van der Waals surface area contributed by atoms with Crippen LogP contribution in [0.1, 0.15) is 296 Å². The molecule has 9 heteroatoms. The summed E-state index contributed by atoms with van der Waals surface area (Å²) in [6.07, 6.45) is 84.8. The van der Waals surface area contributed by atoms with E-state index in [9.17, 15) is 19.5 Å². The number of carbonyl (C=O) groups excluding carboxylic acids is 3. The second-order valence-electron chi connectivity index (χ2n) is 24.1. The Hall–Kier alpha value is -3.79. The normalized spacial score (nSPS) is 13.3. The maximum Gasteiger partial charge on any atom is 0.306 e. The fraction of sp³-hybridized carbons (Fsp3) is 0.743. The first-order valence-electron chi connectivity index (χ1n) is 34.4. The van der Waals surface area contributed by atoms with Crippen molar-refractivity contribution in [1.29, 1.82) is 0 Å². The molecule has 0 radical (unpaired) electrons. The smallest absolute Gasteiger partial charge is 0.306 e. The second-order valence-corrected chi connectivity index (χ2v) is 24.1. The highest BCUT2D eigenvalue weighted by Crippen LogP contribution is 2.17. The SMILES string of the molecule is CC/C=C\C/C=C\C/C=C\C/C=C\C/C=C\CCCCCCCCCCCCCCCCCCCCCC(=O)OC(COC(=O)CCCCCCCCCC/C=C\C/C=C\C/C=C\CCCCCCC)COC(OCC[N+](C)(C)C)C(=O)[O-]. The van der Waals surface area contributed by atoms with E-state index < -0.39 is 24.3 Å². The Morgan fingerprint density at radius 2 is 0.687 bits per heavy atom. The van der Waals surface area contributed by atoms with Crippen LogP contribution in [0, 0.1) is 0 Å². The van der Waals surface area contributed by atoms with Gasteiger partial charge in [0.15, 0.2) is 12.4 Å². The molecule has 0 aromatic rings. The summed E-state index contributed by atoms with van der Waals surface area (Å²) in [7, 11) is 5.93. The lowest BCUT2D eigenvalue weighted by molar-refractivity contribution is -0.870. The van der Waals surface area contributed by atoms with E-state index in [0.29, 0.717) is 17.4 Å². The molecule has 0 amide bonds. The summed E-state index contributed by atoms with van der Waals surface area (Å²) in [4.78, 5) is 37.5. The third-order valence-electron chi connectivity index (χ3n) is 14.8. The molecule has 2 unspecified atom stereocenters. The number of carboxylic acid groups (broad SMARTS) is 1. The third-order valence-corrected chi connectivity index (χ3v) is 14.8. The van der Waals surface area contributed by atoms with Gasteiger partial charge < -0.3 is 33.3 Å². The van der Waals surface area contributed by atoms with Crippen molar-refractivity contribution in [1.82, 2.24) is 0 Å². The molecule has 0 aliphatic heterocycles. The zero-order valence-electron chi connectivity index (χ0n) is 54.5. The minimum atomic E-state index is -1.63. The molecule has 0 aliphatic carbocycles. The van der Waals surface area contributed by atoms with E-state index in [1.807, 2.05) is 21.1 Å². The Labute approximate surface area is 512 Å². The van der Waals surface area contributed by atoms with Crippen LogP contribution in [0.25, 0.3) is 0 Å². The Morgan fingerprint density at radius 3 is 1.02 bits per heavy atom. The van der Waals surface area contributed by atoms with Crippen molar-refractivity contribution >= 4 is 17.9 Å². The van der Waals surface area contributed by atoms with Crippen LogP contribution in [0.4, 0.5) is 0 Å². The summed E-state index contributed by atoms with van der Waals surface area (Å²) >= 11 is 0. The molecule has 83 heavy (non-hydrogen) atoms. The maximum atomic E-state index is 12.9. The van der Waals surface area contributed by atoms with Crippen molar-refractivity contribution in [3.05, 3.63) is 97.2 Å². The summed E-state index contributed by atoms with van der Waals surface area (Å²) in [5.74, 6) is -2.28. The fourth-order valence-electron chi connectivity index (χ4n) is 9.57. The van der Waals surface area contributed by atoms with E-state index in [0.717, 1.165) is 89.9 Å². The summed E-state index contributed by atoms with van der Waals surface area (Å²) in [6, 6.07) is 0. The lowest BCUT2D eigenvalue weighted by atomic mass is 10.0. The Balaban J connectivity index is 4.10. The molecule has 0 rings (SSSR count). The van der Waals surface area contributed by atoms with Crippen molar-refractivity contribution in [2.45, 2.75) is 309 Å². The van der Waals surface area contributed by atoms with Crippen LogP contribution in [0.5, 0.6) is 0 Å². The molecular weight excluding hydrogens is 1030 g/mol. The highest BCUT2D eigenvalue weighted by atomic mass is 16.7. The number of carboxylic acids is 1. The van der Waals surface area contributed by atoms with Gasteiger partial charge in [0.2, 0.25) is 0 Å². The Morgan fingerprint density at radius 1 is 0.373 bits per heavy atom. The van der Waals surface area contributed by atoms with Gasteiger partial charge in [-0.25, -0.2) is 0 Å². The number of unbranched alkanes of at least 4 members (excludes halogenated alkanes) is 32. The van der Waals surface area contributed by atoms with Crippen LogP contribution < -0.4 is 5.11 Å². The molecule has 0 bridgehead atoms. The molecule has 2 atom stereocenters. The molecule has 0 aromatic heterocycles. The number of allylic oxidation sites excluding steroid dienone is 16. The zero-order valence-corrected chi connectivity index (χ0v) is 54.5.